The van der Waals surface area contributed by atoms with Crippen molar-refractivity contribution in [2.24, 2.45) is 0 Å². The first-order valence-electron chi connectivity index (χ1n) is 9.34. The van der Waals surface area contributed by atoms with E-state index < -0.39 is 41.2 Å². The average Bonchev–Trinajstić information content (AvgIpc) is 2.75. The number of esters is 1. The van der Waals surface area contributed by atoms with Crippen molar-refractivity contribution in [3.05, 3.63) is 64.2 Å². The van der Waals surface area contributed by atoms with E-state index in [9.17, 15) is 31.2 Å². The number of fused-ring (bicyclic) bond motifs is 1. The van der Waals surface area contributed by atoms with Gasteiger partial charge in [-0.25, -0.2) is 13.2 Å². The molecule has 0 bridgehead atoms. The molecule has 3 rings (SSSR count). The van der Waals surface area contributed by atoms with E-state index in [0.717, 1.165) is 17.2 Å². The highest BCUT2D eigenvalue weighted by molar-refractivity contribution is 7.89. The summed E-state index contributed by atoms with van der Waals surface area (Å²) in [6.07, 6.45) is -4.08. The number of nitrogens with one attached hydrogen (secondary N) is 1. The summed E-state index contributed by atoms with van der Waals surface area (Å²) >= 11 is 5.97. The fraction of sp³-hybridized carbons (Fsp3) is 0.300. The molecule has 0 atom stereocenters. The number of ether oxygens (including phenoxy) is 1. The minimum atomic E-state index is -4.61. The summed E-state index contributed by atoms with van der Waals surface area (Å²) in [6, 6.07) is 10.9. The van der Waals surface area contributed by atoms with Crippen LogP contribution in [0.3, 0.4) is 0 Å². The summed E-state index contributed by atoms with van der Waals surface area (Å²) in [6.45, 7) is -2.14. The Morgan fingerprint density at radius 2 is 1.81 bits per heavy atom. The zero-order valence-electron chi connectivity index (χ0n) is 16.5. The number of hydrogen-bond donors (Lipinski definition) is 1. The van der Waals surface area contributed by atoms with Crippen LogP contribution >= 0.6 is 11.6 Å². The topological polar surface area (TPSA) is 92.8 Å². The van der Waals surface area contributed by atoms with Gasteiger partial charge in [0.15, 0.2) is 6.61 Å². The molecule has 12 heteroatoms. The molecule has 7 nitrogen and oxygen atoms in total. The van der Waals surface area contributed by atoms with Gasteiger partial charge in [0.1, 0.15) is 6.54 Å². The maximum absolute atomic E-state index is 13.1. The van der Waals surface area contributed by atoms with E-state index in [1.165, 1.54) is 16.4 Å². The van der Waals surface area contributed by atoms with Crippen LogP contribution in [0.4, 0.5) is 13.2 Å². The molecule has 0 aliphatic carbocycles. The molecule has 0 fully saturated rings. The van der Waals surface area contributed by atoms with E-state index in [1.807, 2.05) is 24.3 Å². The molecule has 0 unspecified atom stereocenters. The molecule has 1 heterocycles. The molecule has 1 aliphatic heterocycles. The predicted molar refractivity (Wildman–Crippen MR) is 109 cm³/mol. The Kier molecular flexibility index (Phi) is 7.11. The largest absolute Gasteiger partial charge is 0.452 e. The Morgan fingerprint density at radius 3 is 2.50 bits per heavy atom. The van der Waals surface area contributed by atoms with Gasteiger partial charge in [-0.2, -0.15) is 17.5 Å². The highest BCUT2D eigenvalue weighted by Crippen LogP contribution is 2.27. The molecule has 1 N–H and O–H groups in total. The van der Waals surface area contributed by atoms with Gasteiger partial charge in [-0.05, 0) is 35.7 Å². The number of alkyl halides is 3. The molecule has 1 amide bonds. The van der Waals surface area contributed by atoms with Crippen molar-refractivity contribution in [1.82, 2.24) is 9.62 Å². The molecule has 2 aromatic rings. The fourth-order valence-corrected chi connectivity index (χ4v) is 4.74. The first-order valence-corrected chi connectivity index (χ1v) is 11.2. The molecule has 0 saturated heterocycles. The number of rotatable bonds is 6. The second-order valence-corrected chi connectivity index (χ2v) is 9.31. The van der Waals surface area contributed by atoms with E-state index >= 15 is 0 Å². The van der Waals surface area contributed by atoms with Crippen LogP contribution in [-0.2, 0) is 32.5 Å². The Balaban J connectivity index is 1.72. The number of amides is 1. The molecule has 172 valence electrons. The number of nitrogens with zero attached hydrogens (tertiary/aromatic N) is 1. The van der Waals surface area contributed by atoms with E-state index in [0.29, 0.717) is 6.42 Å². The van der Waals surface area contributed by atoms with Crippen LogP contribution in [0.1, 0.15) is 21.5 Å². The van der Waals surface area contributed by atoms with Gasteiger partial charge in [0.25, 0.3) is 5.91 Å². The first-order chi connectivity index (χ1) is 15.0. The van der Waals surface area contributed by atoms with Crippen molar-refractivity contribution < 1.29 is 35.9 Å². The molecule has 0 aromatic heterocycles. The first kappa shape index (κ1) is 24.0. The minimum Gasteiger partial charge on any atom is -0.452 e. The van der Waals surface area contributed by atoms with Crippen LogP contribution in [0.25, 0.3) is 0 Å². The van der Waals surface area contributed by atoms with Crippen molar-refractivity contribution in [2.45, 2.75) is 24.0 Å². The summed E-state index contributed by atoms with van der Waals surface area (Å²) in [5.74, 6) is -2.30. The zero-order valence-corrected chi connectivity index (χ0v) is 18.1. The van der Waals surface area contributed by atoms with Crippen LogP contribution in [0.5, 0.6) is 0 Å². The molecular formula is C20H18ClF3N2O5S. The lowest BCUT2D eigenvalue weighted by Gasteiger charge is -2.28. The van der Waals surface area contributed by atoms with E-state index in [-0.39, 0.29) is 28.6 Å². The highest BCUT2D eigenvalue weighted by Gasteiger charge is 2.30. The minimum absolute atomic E-state index is 0.131. The quantitative estimate of drug-likeness (QED) is 0.629. The second-order valence-electron chi connectivity index (χ2n) is 6.97. The van der Waals surface area contributed by atoms with Gasteiger partial charge >= 0.3 is 12.1 Å². The monoisotopic (exact) mass is 490 g/mol. The molecule has 0 spiro atoms. The lowest BCUT2D eigenvalue weighted by molar-refractivity contribution is -0.140. The molecule has 0 radical (unpaired) electrons. The zero-order chi connectivity index (χ0) is 23.5. The third-order valence-corrected chi connectivity index (χ3v) is 6.88. The average molecular weight is 491 g/mol. The van der Waals surface area contributed by atoms with Gasteiger partial charge in [0.2, 0.25) is 10.0 Å². The fourth-order valence-electron chi connectivity index (χ4n) is 3.10. The molecular weight excluding hydrogens is 473 g/mol. The third kappa shape index (κ3) is 5.78. The lowest BCUT2D eigenvalue weighted by Crippen LogP contribution is -2.36. The Morgan fingerprint density at radius 1 is 1.12 bits per heavy atom. The van der Waals surface area contributed by atoms with Gasteiger partial charge in [0.05, 0.1) is 15.5 Å². The number of benzene rings is 2. The number of hydrogen-bond acceptors (Lipinski definition) is 5. The van der Waals surface area contributed by atoms with Gasteiger partial charge in [0, 0.05) is 13.1 Å². The highest BCUT2D eigenvalue weighted by atomic mass is 35.5. The van der Waals surface area contributed by atoms with Crippen LogP contribution < -0.4 is 5.32 Å². The van der Waals surface area contributed by atoms with Crippen molar-refractivity contribution in [3.63, 3.8) is 0 Å². The standard InChI is InChI=1S/C20H18ClF3N2O5S/c21-17-6-5-15(9-16(17)19(28)31-11-18(27)25-12-20(22,23)24)32(29,30)26-8-7-13-3-1-2-4-14(13)10-26/h1-6,9H,7-8,10-12H2,(H,25,27). The predicted octanol–water partition coefficient (Wildman–Crippen LogP) is 2.92. The van der Waals surface area contributed by atoms with Crippen LogP contribution in [0.15, 0.2) is 47.4 Å². The van der Waals surface area contributed by atoms with E-state index in [2.05, 4.69) is 4.74 Å². The summed E-state index contributed by atoms with van der Waals surface area (Å²) in [5.41, 5.74) is 1.61. The maximum Gasteiger partial charge on any atom is 0.405 e. The SMILES string of the molecule is O=C(COC(=O)c1cc(S(=O)(=O)N2CCc3ccccc3C2)ccc1Cl)NCC(F)(F)F. The van der Waals surface area contributed by atoms with Crippen LogP contribution in [-0.4, -0.2) is 50.5 Å². The Labute approximate surface area is 187 Å². The van der Waals surface area contributed by atoms with Gasteiger partial charge in [-0.1, -0.05) is 35.9 Å². The lowest BCUT2D eigenvalue weighted by atomic mass is 10.0. The van der Waals surface area contributed by atoms with Crippen molar-refractivity contribution in [1.29, 1.82) is 0 Å². The van der Waals surface area contributed by atoms with Gasteiger partial charge in [-0.3, -0.25) is 4.79 Å². The van der Waals surface area contributed by atoms with Crippen LogP contribution in [0.2, 0.25) is 5.02 Å². The number of sulfonamides is 1. The normalized spacial score (nSPS) is 14.5. The number of carbonyl (C=O) groups is 2. The maximum atomic E-state index is 13.1. The van der Waals surface area contributed by atoms with Gasteiger partial charge in [-0.15, -0.1) is 0 Å². The number of halogens is 4. The van der Waals surface area contributed by atoms with Crippen molar-refractivity contribution in [3.8, 4) is 0 Å². The second kappa shape index (κ2) is 9.47. The van der Waals surface area contributed by atoms with Crippen molar-refractivity contribution in [2.75, 3.05) is 19.7 Å². The smallest absolute Gasteiger partial charge is 0.405 e. The molecule has 1 aliphatic rings. The Bertz CT molecular complexity index is 1140. The molecule has 32 heavy (non-hydrogen) atoms. The van der Waals surface area contributed by atoms with Crippen LogP contribution in [0, 0.1) is 0 Å². The van der Waals surface area contributed by atoms with E-state index in [1.54, 1.807) is 5.32 Å². The summed E-state index contributed by atoms with van der Waals surface area (Å²) in [5, 5.41) is 1.42. The van der Waals surface area contributed by atoms with Crippen molar-refractivity contribution >= 4 is 33.5 Å². The summed E-state index contributed by atoms with van der Waals surface area (Å²) in [7, 11) is -3.97. The molecule has 2 aromatic carbocycles. The molecule has 0 saturated carbocycles. The summed E-state index contributed by atoms with van der Waals surface area (Å²) < 4.78 is 68.5. The number of carbonyl (C=O) groups excluding carboxylic acids is 2. The Hall–Kier alpha value is -2.63. The summed E-state index contributed by atoms with van der Waals surface area (Å²) in [4.78, 5) is 23.5. The van der Waals surface area contributed by atoms with Gasteiger partial charge < -0.3 is 10.1 Å². The third-order valence-electron chi connectivity index (χ3n) is 4.71. The van der Waals surface area contributed by atoms with E-state index in [4.69, 9.17) is 11.6 Å².